The second-order valence-corrected chi connectivity index (χ2v) is 4.96. The molecule has 0 bridgehead atoms. The topological polar surface area (TPSA) is 54.4 Å². The molecule has 0 heterocycles. The third-order valence-electron chi connectivity index (χ3n) is 2.88. The largest absolute Gasteiger partial charge is 0.481 e. The average Bonchev–Trinajstić information content (AvgIpc) is 2.27. The van der Waals surface area contributed by atoms with Crippen LogP contribution in [-0.4, -0.2) is 16.9 Å². The highest BCUT2D eigenvalue weighted by Crippen LogP contribution is 2.23. The van der Waals surface area contributed by atoms with E-state index in [0.29, 0.717) is 5.56 Å². The fourth-order valence-corrected chi connectivity index (χ4v) is 1.67. The van der Waals surface area contributed by atoms with Gasteiger partial charge >= 0.3 is 5.97 Å². The van der Waals surface area contributed by atoms with E-state index in [4.69, 9.17) is 5.11 Å². The molecule has 4 heteroatoms. The van der Waals surface area contributed by atoms with E-state index >= 15 is 0 Å². The number of ketones is 1. The summed E-state index contributed by atoms with van der Waals surface area (Å²) in [5.41, 5.74) is -0.315. The Hall–Kier alpha value is -1.71. The fraction of sp³-hybridized carbons (Fsp3) is 0.429. The van der Waals surface area contributed by atoms with Crippen LogP contribution in [0.1, 0.15) is 43.1 Å². The summed E-state index contributed by atoms with van der Waals surface area (Å²) in [5, 5.41) is 9.00. The zero-order valence-corrected chi connectivity index (χ0v) is 10.8. The molecule has 3 nitrogen and oxygen atoms in total. The van der Waals surface area contributed by atoms with Crippen molar-refractivity contribution < 1.29 is 19.1 Å². The molecule has 1 rings (SSSR count). The van der Waals surface area contributed by atoms with Crippen molar-refractivity contribution in [3.8, 4) is 0 Å². The van der Waals surface area contributed by atoms with Gasteiger partial charge in [-0.2, -0.15) is 0 Å². The summed E-state index contributed by atoms with van der Waals surface area (Å²) in [6, 6.07) is 4.28. The third kappa shape index (κ3) is 3.15. The molecule has 1 aromatic rings. The number of benzene rings is 1. The van der Waals surface area contributed by atoms with E-state index in [2.05, 4.69) is 0 Å². The summed E-state index contributed by atoms with van der Waals surface area (Å²) in [7, 11) is 0. The molecule has 0 aliphatic rings. The molecule has 1 N–H and O–H groups in total. The normalized spacial score (nSPS) is 11.3. The number of carbonyl (C=O) groups is 2. The molecule has 0 unspecified atom stereocenters. The number of aliphatic carboxylic acids is 1. The molecule has 0 spiro atoms. The number of carboxylic acids is 1. The minimum absolute atomic E-state index is 0.0642. The number of Topliss-reactive ketones (excluding diaryl/α,β-unsaturated/α-hetero) is 1. The predicted molar refractivity (Wildman–Crippen MR) is 66.1 cm³/mol. The highest BCUT2D eigenvalue weighted by molar-refractivity contribution is 5.96. The number of carboxylic acid groups (broad SMARTS) is 1. The maximum absolute atomic E-state index is 13.7. The molecule has 0 radical (unpaired) electrons. The zero-order chi connectivity index (χ0) is 13.9. The standard InChI is InChI=1S/C14H17FO3/c1-4-12(16)10-6-5-9(7-11(10)15)8-14(2,3)13(17)18/h5-7H,4,8H2,1-3H3,(H,17,18). The van der Waals surface area contributed by atoms with Gasteiger partial charge in [0, 0.05) is 6.42 Å². The van der Waals surface area contributed by atoms with E-state index in [1.807, 2.05) is 0 Å². The van der Waals surface area contributed by atoms with E-state index in [-0.39, 0.29) is 24.2 Å². The van der Waals surface area contributed by atoms with Gasteiger partial charge in [0.15, 0.2) is 5.78 Å². The summed E-state index contributed by atoms with van der Waals surface area (Å²) in [4.78, 5) is 22.4. The van der Waals surface area contributed by atoms with Gasteiger partial charge < -0.3 is 5.11 Å². The number of hydrogen-bond donors (Lipinski definition) is 1. The Morgan fingerprint density at radius 3 is 2.39 bits per heavy atom. The highest BCUT2D eigenvalue weighted by atomic mass is 19.1. The van der Waals surface area contributed by atoms with Gasteiger partial charge in [0.05, 0.1) is 11.0 Å². The average molecular weight is 252 g/mol. The van der Waals surface area contributed by atoms with E-state index in [0.717, 1.165) is 0 Å². The van der Waals surface area contributed by atoms with E-state index in [1.165, 1.54) is 12.1 Å². The number of hydrogen-bond acceptors (Lipinski definition) is 2. The summed E-state index contributed by atoms with van der Waals surface area (Å²) in [6.07, 6.45) is 0.469. The first kappa shape index (κ1) is 14.4. The fourth-order valence-electron chi connectivity index (χ4n) is 1.67. The summed E-state index contributed by atoms with van der Waals surface area (Å²) in [6.45, 7) is 4.83. The van der Waals surface area contributed by atoms with Gasteiger partial charge in [-0.3, -0.25) is 9.59 Å². The third-order valence-corrected chi connectivity index (χ3v) is 2.88. The number of halogens is 1. The smallest absolute Gasteiger partial charge is 0.309 e. The Labute approximate surface area is 106 Å². The van der Waals surface area contributed by atoms with Crippen LogP contribution in [0, 0.1) is 11.2 Å². The Kier molecular flexibility index (Phi) is 4.22. The molecular formula is C14H17FO3. The second-order valence-electron chi connectivity index (χ2n) is 4.96. The second kappa shape index (κ2) is 5.29. The predicted octanol–water partition coefficient (Wildman–Crippen LogP) is 3.07. The molecule has 0 aliphatic heterocycles. The van der Waals surface area contributed by atoms with Crippen LogP contribution in [0.3, 0.4) is 0 Å². The van der Waals surface area contributed by atoms with Crippen LogP contribution in [0.2, 0.25) is 0 Å². The minimum atomic E-state index is -0.956. The van der Waals surface area contributed by atoms with E-state index in [1.54, 1.807) is 26.8 Å². The maximum Gasteiger partial charge on any atom is 0.309 e. The minimum Gasteiger partial charge on any atom is -0.481 e. The lowest BCUT2D eigenvalue weighted by Gasteiger charge is -2.19. The van der Waals surface area contributed by atoms with Crippen LogP contribution in [0.4, 0.5) is 4.39 Å². The van der Waals surface area contributed by atoms with Gasteiger partial charge in [-0.25, -0.2) is 4.39 Å². The van der Waals surface area contributed by atoms with Crippen LogP contribution in [-0.2, 0) is 11.2 Å². The first-order valence-corrected chi connectivity index (χ1v) is 5.83. The van der Waals surface area contributed by atoms with Crippen LogP contribution < -0.4 is 0 Å². The summed E-state index contributed by atoms with van der Waals surface area (Å²) < 4.78 is 13.7. The maximum atomic E-state index is 13.7. The van der Waals surface area contributed by atoms with Crippen molar-refractivity contribution >= 4 is 11.8 Å². The Balaban J connectivity index is 2.99. The van der Waals surface area contributed by atoms with Crippen molar-refractivity contribution in [2.75, 3.05) is 0 Å². The van der Waals surface area contributed by atoms with Gasteiger partial charge in [-0.05, 0) is 38.0 Å². The van der Waals surface area contributed by atoms with Gasteiger partial charge in [-0.1, -0.05) is 13.0 Å². The molecule has 98 valence electrons. The molecule has 0 aliphatic carbocycles. The van der Waals surface area contributed by atoms with Crippen molar-refractivity contribution in [1.29, 1.82) is 0 Å². The monoisotopic (exact) mass is 252 g/mol. The first-order valence-electron chi connectivity index (χ1n) is 5.83. The van der Waals surface area contributed by atoms with E-state index in [9.17, 15) is 14.0 Å². The van der Waals surface area contributed by atoms with Gasteiger partial charge in [-0.15, -0.1) is 0 Å². The van der Waals surface area contributed by atoms with E-state index < -0.39 is 17.2 Å². The molecular weight excluding hydrogens is 235 g/mol. The van der Waals surface area contributed by atoms with Crippen LogP contribution >= 0.6 is 0 Å². The molecule has 0 atom stereocenters. The number of rotatable bonds is 5. The Bertz CT molecular complexity index is 478. The first-order chi connectivity index (χ1) is 8.27. The van der Waals surface area contributed by atoms with Gasteiger partial charge in [0.1, 0.15) is 5.82 Å². The molecule has 0 aromatic heterocycles. The lowest BCUT2D eigenvalue weighted by atomic mass is 9.85. The molecule has 18 heavy (non-hydrogen) atoms. The van der Waals surface area contributed by atoms with Gasteiger partial charge in [0.2, 0.25) is 0 Å². The Morgan fingerprint density at radius 2 is 1.94 bits per heavy atom. The zero-order valence-electron chi connectivity index (χ0n) is 10.8. The van der Waals surface area contributed by atoms with Crippen molar-refractivity contribution in [2.45, 2.75) is 33.6 Å². The van der Waals surface area contributed by atoms with Crippen molar-refractivity contribution in [1.82, 2.24) is 0 Å². The van der Waals surface area contributed by atoms with Crippen molar-refractivity contribution in [3.05, 3.63) is 35.1 Å². The lowest BCUT2D eigenvalue weighted by molar-refractivity contribution is -0.146. The van der Waals surface area contributed by atoms with Crippen LogP contribution in [0.25, 0.3) is 0 Å². The van der Waals surface area contributed by atoms with Crippen LogP contribution in [0.15, 0.2) is 18.2 Å². The molecule has 0 saturated carbocycles. The molecule has 0 amide bonds. The number of carbonyl (C=O) groups excluding carboxylic acids is 1. The molecule has 1 aromatic carbocycles. The van der Waals surface area contributed by atoms with Gasteiger partial charge in [0.25, 0.3) is 0 Å². The van der Waals surface area contributed by atoms with Crippen LogP contribution in [0.5, 0.6) is 0 Å². The van der Waals surface area contributed by atoms with Crippen molar-refractivity contribution in [2.24, 2.45) is 5.41 Å². The molecule has 0 fully saturated rings. The summed E-state index contributed by atoms with van der Waals surface area (Å²) >= 11 is 0. The highest BCUT2D eigenvalue weighted by Gasteiger charge is 2.27. The Morgan fingerprint density at radius 1 is 1.33 bits per heavy atom. The SMILES string of the molecule is CCC(=O)c1ccc(CC(C)(C)C(=O)O)cc1F. The quantitative estimate of drug-likeness (QED) is 0.819. The van der Waals surface area contributed by atoms with Crippen molar-refractivity contribution in [3.63, 3.8) is 0 Å². The lowest BCUT2D eigenvalue weighted by Crippen LogP contribution is -2.26. The molecule has 0 saturated heterocycles. The summed E-state index contributed by atoms with van der Waals surface area (Å²) in [5.74, 6) is -1.77.